The minimum atomic E-state index is 0.915. The molecule has 18 heavy (non-hydrogen) atoms. The number of rotatable bonds is 2. The third kappa shape index (κ3) is 1.84. The Morgan fingerprint density at radius 3 is 2.56 bits per heavy atom. The first-order chi connectivity index (χ1) is 8.76. The summed E-state index contributed by atoms with van der Waals surface area (Å²) < 4.78 is 0. The monoisotopic (exact) mass is 237 g/mol. The summed E-state index contributed by atoms with van der Waals surface area (Å²) in [7, 11) is 1.92. The maximum Gasteiger partial charge on any atom is 0.138 e. The summed E-state index contributed by atoms with van der Waals surface area (Å²) in [6.45, 7) is 2.08. The van der Waals surface area contributed by atoms with E-state index in [0.717, 1.165) is 28.1 Å². The molecule has 0 radical (unpaired) electrons. The van der Waals surface area contributed by atoms with Crippen molar-refractivity contribution in [1.82, 2.24) is 9.97 Å². The van der Waals surface area contributed by atoms with E-state index in [1.807, 2.05) is 25.2 Å². The van der Waals surface area contributed by atoms with Crippen molar-refractivity contribution in [1.29, 1.82) is 0 Å². The van der Waals surface area contributed by atoms with Crippen LogP contribution in [0.4, 0.5) is 5.69 Å². The Balaban J connectivity index is 2.07. The van der Waals surface area contributed by atoms with Crippen LogP contribution in [0, 0.1) is 6.92 Å². The molecule has 3 heteroatoms. The molecule has 90 valence electrons. The summed E-state index contributed by atoms with van der Waals surface area (Å²) in [6.07, 6.45) is 0. The Morgan fingerprint density at radius 2 is 1.83 bits per heavy atom. The van der Waals surface area contributed by atoms with Gasteiger partial charge in [0.2, 0.25) is 0 Å². The number of nitrogens with one attached hydrogen (secondary N) is 2. The topological polar surface area (TPSA) is 40.7 Å². The average Bonchev–Trinajstić information content (AvgIpc) is 2.81. The zero-order chi connectivity index (χ0) is 12.5. The van der Waals surface area contributed by atoms with Crippen molar-refractivity contribution in [3.8, 4) is 11.4 Å². The highest BCUT2D eigenvalue weighted by atomic mass is 14.9. The summed E-state index contributed by atoms with van der Waals surface area (Å²) in [5, 5.41) is 3.11. The van der Waals surface area contributed by atoms with E-state index in [2.05, 4.69) is 46.5 Å². The van der Waals surface area contributed by atoms with Crippen LogP contribution >= 0.6 is 0 Å². The molecule has 1 heterocycles. The molecular formula is C15H15N3. The molecule has 2 N–H and O–H groups in total. The number of anilines is 1. The first-order valence-electron chi connectivity index (χ1n) is 6.01. The zero-order valence-corrected chi connectivity index (χ0v) is 10.5. The number of nitrogens with zero attached hydrogens (tertiary/aromatic N) is 1. The van der Waals surface area contributed by atoms with E-state index >= 15 is 0 Å². The second-order valence-electron chi connectivity index (χ2n) is 4.43. The van der Waals surface area contributed by atoms with Crippen LogP contribution in [0.15, 0.2) is 42.5 Å². The maximum atomic E-state index is 4.60. The lowest BCUT2D eigenvalue weighted by atomic mass is 10.2. The number of hydrogen-bond donors (Lipinski definition) is 2. The quantitative estimate of drug-likeness (QED) is 0.715. The SMILES string of the molecule is CNc1ccc(-c2nc3ccc(C)cc3[nH]2)cc1. The molecule has 0 atom stereocenters. The van der Waals surface area contributed by atoms with Crippen LogP contribution < -0.4 is 5.32 Å². The molecule has 3 nitrogen and oxygen atoms in total. The Bertz CT molecular complexity index is 681. The van der Waals surface area contributed by atoms with Gasteiger partial charge in [-0.3, -0.25) is 0 Å². The van der Waals surface area contributed by atoms with Gasteiger partial charge in [-0.1, -0.05) is 6.07 Å². The van der Waals surface area contributed by atoms with Gasteiger partial charge >= 0.3 is 0 Å². The van der Waals surface area contributed by atoms with Gasteiger partial charge in [-0.05, 0) is 48.9 Å². The van der Waals surface area contributed by atoms with Gasteiger partial charge in [0.1, 0.15) is 5.82 Å². The van der Waals surface area contributed by atoms with Crippen LogP contribution in [0.2, 0.25) is 0 Å². The Labute approximate surface area is 106 Å². The van der Waals surface area contributed by atoms with Gasteiger partial charge in [-0.15, -0.1) is 0 Å². The number of aromatic amines is 1. The van der Waals surface area contributed by atoms with E-state index in [1.54, 1.807) is 0 Å². The minimum absolute atomic E-state index is 0.915. The predicted molar refractivity (Wildman–Crippen MR) is 75.8 cm³/mol. The third-order valence-corrected chi connectivity index (χ3v) is 3.08. The molecule has 0 saturated heterocycles. The van der Waals surface area contributed by atoms with Crippen LogP contribution in [0.3, 0.4) is 0 Å². The van der Waals surface area contributed by atoms with E-state index in [0.29, 0.717) is 0 Å². The van der Waals surface area contributed by atoms with E-state index in [1.165, 1.54) is 5.56 Å². The van der Waals surface area contributed by atoms with Crippen molar-refractivity contribution in [2.24, 2.45) is 0 Å². The normalized spacial score (nSPS) is 10.8. The van der Waals surface area contributed by atoms with E-state index in [4.69, 9.17) is 0 Å². The molecule has 0 aliphatic heterocycles. The molecule has 1 aromatic heterocycles. The number of aryl methyl sites for hydroxylation is 1. The minimum Gasteiger partial charge on any atom is -0.388 e. The number of benzene rings is 2. The molecular weight excluding hydrogens is 222 g/mol. The lowest BCUT2D eigenvalue weighted by Gasteiger charge is -2.00. The summed E-state index contributed by atoms with van der Waals surface area (Å²) in [5.41, 5.74) is 5.53. The molecule has 0 aliphatic rings. The Kier molecular flexibility index (Phi) is 2.52. The molecule has 0 saturated carbocycles. The number of fused-ring (bicyclic) bond motifs is 1. The summed E-state index contributed by atoms with van der Waals surface area (Å²) >= 11 is 0. The Hall–Kier alpha value is -2.29. The number of aromatic nitrogens is 2. The van der Waals surface area contributed by atoms with Crippen molar-refractivity contribution in [3.05, 3.63) is 48.0 Å². The third-order valence-electron chi connectivity index (χ3n) is 3.08. The first kappa shape index (κ1) is 10.8. The summed E-state index contributed by atoms with van der Waals surface area (Å²) in [6, 6.07) is 14.5. The molecule has 0 fully saturated rings. The first-order valence-corrected chi connectivity index (χ1v) is 6.01. The number of hydrogen-bond acceptors (Lipinski definition) is 2. The highest BCUT2D eigenvalue weighted by Crippen LogP contribution is 2.22. The summed E-state index contributed by atoms with van der Waals surface area (Å²) in [4.78, 5) is 7.96. The highest BCUT2D eigenvalue weighted by Gasteiger charge is 2.04. The molecule has 0 amide bonds. The molecule has 2 aromatic carbocycles. The number of imidazole rings is 1. The molecule has 0 unspecified atom stereocenters. The van der Waals surface area contributed by atoms with Crippen LogP contribution in [0.25, 0.3) is 22.4 Å². The van der Waals surface area contributed by atoms with E-state index in [-0.39, 0.29) is 0 Å². The second-order valence-corrected chi connectivity index (χ2v) is 4.43. The van der Waals surface area contributed by atoms with Gasteiger partial charge in [0.05, 0.1) is 11.0 Å². The number of H-pyrrole nitrogens is 1. The maximum absolute atomic E-state index is 4.60. The fourth-order valence-corrected chi connectivity index (χ4v) is 2.05. The van der Waals surface area contributed by atoms with Crippen LogP contribution in [0.5, 0.6) is 0 Å². The fraction of sp³-hybridized carbons (Fsp3) is 0.133. The van der Waals surface area contributed by atoms with Gasteiger partial charge in [0.15, 0.2) is 0 Å². The van der Waals surface area contributed by atoms with Crippen molar-refractivity contribution < 1.29 is 0 Å². The van der Waals surface area contributed by atoms with Crippen molar-refractivity contribution in [2.75, 3.05) is 12.4 Å². The van der Waals surface area contributed by atoms with Crippen LogP contribution in [-0.2, 0) is 0 Å². The highest BCUT2D eigenvalue weighted by molar-refractivity contribution is 5.80. The fourth-order valence-electron chi connectivity index (χ4n) is 2.05. The predicted octanol–water partition coefficient (Wildman–Crippen LogP) is 3.58. The second kappa shape index (κ2) is 4.18. The van der Waals surface area contributed by atoms with Gasteiger partial charge in [-0.2, -0.15) is 0 Å². The molecule has 0 spiro atoms. The lowest BCUT2D eigenvalue weighted by molar-refractivity contribution is 1.33. The van der Waals surface area contributed by atoms with Gasteiger partial charge in [0.25, 0.3) is 0 Å². The molecule has 3 rings (SSSR count). The zero-order valence-electron chi connectivity index (χ0n) is 10.5. The van der Waals surface area contributed by atoms with Crippen LogP contribution in [0.1, 0.15) is 5.56 Å². The van der Waals surface area contributed by atoms with Gasteiger partial charge in [-0.25, -0.2) is 4.98 Å². The van der Waals surface area contributed by atoms with Crippen molar-refractivity contribution in [2.45, 2.75) is 6.92 Å². The smallest absolute Gasteiger partial charge is 0.138 e. The van der Waals surface area contributed by atoms with Crippen molar-refractivity contribution in [3.63, 3.8) is 0 Å². The summed E-state index contributed by atoms with van der Waals surface area (Å²) in [5.74, 6) is 0.915. The van der Waals surface area contributed by atoms with Gasteiger partial charge < -0.3 is 10.3 Å². The van der Waals surface area contributed by atoms with Crippen LogP contribution in [-0.4, -0.2) is 17.0 Å². The van der Waals surface area contributed by atoms with E-state index < -0.39 is 0 Å². The lowest BCUT2D eigenvalue weighted by Crippen LogP contribution is -1.87. The molecule has 0 aliphatic carbocycles. The van der Waals surface area contributed by atoms with E-state index in [9.17, 15) is 0 Å². The Morgan fingerprint density at radius 1 is 1.06 bits per heavy atom. The molecule has 0 bridgehead atoms. The average molecular weight is 237 g/mol. The molecule has 3 aromatic rings. The van der Waals surface area contributed by atoms with Crippen molar-refractivity contribution >= 4 is 16.7 Å². The largest absolute Gasteiger partial charge is 0.388 e. The standard InChI is InChI=1S/C15H15N3/c1-10-3-8-13-14(9-10)18-15(17-13)11-4-6-12(16-2)7-5-11/h3-9,16H,1-2H3,(H,17,18). The van der Waals surface area contributed by atoms with Gasteiger partial charge in [0, 0.05) is 18.3 Å².